The summed E-state index contributed by atoms with van der Waals surface area (Å²) in [6.45, 7) is 0.713. The Hall–Kier alpha value is -3.20. The predicted octanol–water partition coefficient (Wildman–Crippen LogP) is 6.10. The normalized spacial score (nSPS) is 17.3. The fourth-order valence-electron chi connectivity index (χ4n) is 4.71. The lowest BCUT2D eigenvalue weighted by molar-refractivity contribution is -0.154. The zero-order valence-electron chi connectivity index (χ0n) is 18.6. The van der Waals surface area contributed by atoms with Crippen LogP contribution >= 0.6 is 0 Å². The third-order valence-electron chi connectivity index (χ3n) is 6.44. The van der Waals surface area contributed by atoms with Crippen LogP contribution in [0.15, 0.2) is 45.6 Å². The molecule has 2 aromatic carbocycles. The Morgan fingerprint density at radius 3 is 2.56 bits per heavy atom. The number of hydrogen-bond donors (Lipinski definition) is 0. The van der Waals surface area contributed by atoms with E-state index in [-0.39, 0.29) is 16.7 Å². The summed E-state index contributed by atoms with van der Waals surface area (Å²) in [5.74, 6) is -1.55. The van der Waals surface area contributed by atoms with E-state index in [0.29, 0.717) is 36.4 Å². The van der Waals surface area contributed by atoms with Gasteiger partial charge in [-0.25, -0.2) is 0 Å². The molecule has 1 aromatic heterocycles. The van der Waals surface area contributed by atoms with E-state index >= 15 is 0 Å². The molecule has 0 saturated heterocycles. The molecule has 1 saturated carbocycles. The van der Waals surface area contributed by atoms with Gasteiger partial charge in [-0.2, -0.15) is 13.2 Å². The van der Waals surface area contributed by atoms with Crippen molar-refractivity contribution in [2.24, 2.45) is 0 Å². The monoisotopic (exact) mass is 475 g/mol. The van der Waals surface area contributed by atoms with Crippen molar-refractivity contribution in [3.8, 4) is 23.0 Å². The molecule has 0 radical (unpaired) electrons. The van der Waals surface area contributed by atoms with Crippen LogP contribution < -0.4 is 19.6 Å². The van der Waals surface area contributed by atoms with Gasteiger partial charge in [-0.05, 0) is 37.1 Å². The molecule has 3 aromatic rings. The second-order valence-corrected chi connectivity index (χ2v) is 8.60. The van der Waals surface area contributed by atoms with Crippen LogP contribution in [0.4, 0.5) is 13.2 Å². The molecule has 180 valence electrons. The molecule has 2 heterocycles. The summed E-state index contributed by atoms with van der Waals surface area (Å²) in [6, 6.07) is 9.33. The Balaban J connectivity index is 1.61. The second-order valence-electron chi connectivity index (χ2n) is 8.60. The number of alkyl halides is 3. The average molecular weight is 475 g/mol. The Morgan fingerprint density at radius 2 is 1.82 bits per heavy atom. The van der Waals surface area contributed by atoms with E-state index in [2.05, 4.69) is 4.90 Å². The minimum Gasteiger partial charge on any atom is -0.497 e. The Morgan fingerprint density at radius 1 is 1.06 bits per heavy atom. The van der Waals surface area contributed by atoms with Gasteiger partial charge in [-0.1, -0.05) is 25.3 Å². The van der Waals surface area contributed by atoms with Crippen molar-refractivity contribution in [1.29, 1.82) is 0 Å². The largest absolute Gasteiger partial charge is 0.497 e. The third kappa shape index (κ3) is 4.20. The average Bonchev–Trinajstić information content (AvgIpc) is 2.85. The fourth-order valence-corrected chi connectivity index (χ4v) is 4.71. The molecule has 0 N–H and O–H groups in total. The van der Waals surface area contributed by atoms with Gasteiger partial charge in [0.2, 0.25) is 11.2 Å². The maximum atomic E-state index is 14.0. The highest BCUT2D eigenvalue weighted by molar-refractivity contribution is 5.84. The van der Waals surface area contributed by atoms with E-state index in [4.69, 9.17) is 18.6 Å². The molecule has 0 atom stereocenters. The quantitative estimate of drug-likeness (QED) is 0.455. The number of hydrogen-bond acceptors (Lipinski definition) is 6. The van der Waals surface area contributed by atoms with Gasteiger partial charge in [-0.3, -0.25) is 9.69 Å². The molecule has 0 bridgehead atoms. The van der Waals surface area contributed by atoms with Crippen molar-refractivity contribution >= 4 is 11.0 Å². The standard InChI is InChI=1S/C25H24F3NO5/c1-31-16-8-5-9-17(12-16)33-23-21(30)18-10-11-20-19(22(18)34-24(23)25(26,27)28)13-29(14-32-20)15-6-3-2-4-7-15/h5,8-12,15H,2-4,6-7,13-14H2,1H3. The molecule has 1 aliphatic carbocycles. The predicted molar refractivity (Wildman–Crippen MR) is 118 cm³/mol. The molecule has 0 unspecified atom stereocenters. The summed E-state index contributed by atoms with van der Waals surface area (Å²) in [7, 11) is 1.42. The number of nitrogens with zero attached hydrogens (tertiary/aromatic N) is 1. The lowest BCUT2D eigenvalue weighted by Gasteiger charge is -2.37. The van der Waals surface area contributed by atoms with Gasteiger partial charge in [-0.15, -0.1) is 0 Å². The number of fused-ring (bicyclic) bond motifs is 3. The van der Waals surface area contributed by atoms with E-state index in [0.717, 1.165) is 25.7 Å². The molecule has 6 nitrogen and oxygen atoms in total. The van der Waals surface area contributed by atoms with Gasteiger partial charge in [0, 0.05) is 18.7 Å². The molecule has 1 fully saturated rings. The first-order valence-electron chi connectivity index (χ1n) is 11.2. The van der Waals surface area contributed by atoms with Gasteiger partial charge in [0.25, 0.3) is 5.76 Å². The van der Waals surface area contributed by atoms with Crippen LogP contribution in [0.5, 0.6) is 23.0 Å². The highest BCUT2D eigenvalue weighted by atomic mass is 19.4. The molecule has 5 rings (SSSR count). The van der Waals surface area contributed by atoms with E-state index in [1.165, 1.54) is 31.7 Å². The Labute approximate surface area is 193 Å². The van der Waals surface area contributed by atoms with Gasteiger partial charge in [0.15, 0.2) is 0 Å². The van der Waals surface area contributed by atoms with Crippen LogP contribution in [0, 0.1) is 0 Å². The topological polar surface area (TPSA) is 61.1 Å². The minimum absolute atomic E-state index is 0.0127. The number of rotatable bonds is 4. The molecule has 1 aliphatic heterocycles. The minimum atomic E-state index is -4.94. The third-order valence-corrected chi connectivity index (χ3v) is 6.44. The van der Waals surface area contributed by atoms with Gasteiger partial charge >= 0.3 is 6.18 Å². The van der Waals surface area contributed by atoms with Crippen molar-refractivity contribution in [3.63, 3.8) is 0 Å². The van der Waals surface area contributed by atoms with Crippen LogP contribution in [0.1, 0.15) is 43.4 Å². The number of methoxy groups -OCH3 is 1. The van der Waals surface area contributed by atoms with Crippen LogP contribution in [-0.2, 0) is 12.7 Å². The summed E-state index contributed by atoms with van der Waals surface area (Å²) < 4.78 is 63.9. The van der Waals surface area contributed by atoms with Crippen LogP contribution in [-0.4, -0.2) is 24.8 Å². The zero-order chi connectivity index (χ0) is 23.9. The second kappa shape index (κ2) is 8.87. The summed E-state index contributed by atoms with van der Waals surface area (Å²) in [5, 5.41) is 0.0127. The Kier molecular flexibility index (Phi) is 5.89. The smallest absolute Gasteiger partial charge is 0.453 e. The van der Waals surface area contributed by atoms with Crippen LogP contribution in [0.25, 0.3) is 11.0 Å². The SMILES string of the molecule is COc1cccc(Oc2c(C(F)(F)F)oc3c4c(ccc3c2=O)OCN(C2CCCCC2)C4)c1. The van der Waals surface area contributed by atoms with E-state index < -0.39 is 23.1 Å². The van der Waals surface area contributed by atoms with Crippen molar-refractivity contribution in [1.82, 2.24) is 4.90 Å². The number of benzene rings is 2. The van der Waals surface area contributed by atoms with Gasteiger partial charge in [0.1, 0.15) is 29.6 Å². The first-order valence-corrected chi connectivity index (χ1v) is 11.2. The van der Waals surface area contributed by atoms with Crippen molar-refractivity contribution in [2.45, 2.75) is 50.9 Å². The van der Waals surface area contributed by atoms with Crippen molar-refractivity contribution < 1.29 is 31.8 Å². The molecular weight excluding hydrogens is 451 g/mol. The van der Waals surface area contributed by atoms with Crippen molar-refractivity contribution in [3.05, 3.63) is 57.9 Å². The molecule has 34 heavy (non-hydrogen) atoms. The maximum absolute atomic E-state index is 14.0. The molecule has 9 heteroatoms. The molecule has 0 amide bonds. The molecule has 2 aliphatic rings. The number of halogens is 3. The summed E-state index contributed by atoms with van der Waals surface area (Å²) >= 11 is 0. The highest BCUT2D eigenvalue weighted by Gasteiger charge is 2.41. The Bertz CT molecular complexity index is 1260. The lowest BCUT2D eigenvalue weighted by Crippen LogP contribution is -2.41. The summed E-state index contributed by atoms with van der Waals surface area (Å²) in [5.41, 5.74) is -0.563. The zero-order valence-corrected chi connectivity index (χ0v) is 18.6. The van der Waals surface area contributed by atoms with Crippen molar-refractivity contribution in [2.75, 3.05) is 13.8 Å². The van der Waals surface area contributed by atoms with Gasteiger partial charge in [0.05, 0.1) is 18.1 Å². The van der Waals surface area contributed by atoms with E-state index in [9.17, 15) is 18.0 Å². The first kappa shape index (κ1) is 22.6. The summed E-state index contributed by atoms with van der Waals surface area (Å²) in [4.78, 5) is 15.4. The molecule has 0 spiro atoms. The summed E-state index contributed by atoms with van der Waals surface area (Å²) in [6.07, 6.45) is 0.497. The maximum Gasteiger partial charge on any atom is 0.453 e. The fraction of sp³-hybridized carbons (Fsp3) is 0.400. The highest BCUT2D eigenvalue weighted by Crippen LogP contribution is 2.41. The molecular formula is C25H24F3NO5. The van der Waals surface area contributed by atoms with Crippen LogP contribution in [0.3, 0.4) is 0 Å². The van der Waals surface area contributed by atoms with Gasteiger partial charge < -0.3 is 18.6 Å². The lowest BCUT2D eigenvalue weighted by atomic mass is 9.93. The van der Waals surface area contributed by atoms with E-state index in [1.54, 1.807) is 18.2 Å². The van der Waals surface area contributed by atoms with E-state index in [1.807, 2.05) is 0 Å². The number of ether oxygens (including phenoxy) is 3. The van der Waals surface area contributed by atoms with Crippen LogP contribution in [0.2, 0.25) is 0 Å². The first-order chi connectivity index (χ1) is 16.3.